The average molecular weight is 271 g/mol. The molecule has 1 N–H and O–H groups in total. The van der Waals surface area contributed by atoms with Crippen molar-refractivity contribution in [3.05, 3.63) is 28.5 Å². The number of amides is 1. The van der Waals surface area contributed by atoms with Crippen molar-refractivity contribution >= 4 is 21.8 Å². The summed E-state index contributed by atoms with van der Waals surface area (Å²) in [5, 5.41) is 2.84. The number of unbranched alkanes of at least 4 members (excludes halogenated alkanes) is 2. The lowest BCUT2D eigenvalue weighted by Crippen LogP contribution is -2.25. The van der Waals surface area contributed by atoms with Gasteiger partial charge in [0.15, 0.2) is 0 Å². The maximum absolute atomic E-state index is 11.5. The molecule has 0 radical (unpaired) electrons. The van der Waals surface area contributed by atoms with Gasteiger partial charge in [-0.3, -0.25) is 4.79 Å². The van der Waals surface area contributed by atoms with Gasteiger partial charge in [0.2, 0.25) is 0 Å². The first kappa shape index (κ1) is 12.2. The van der Waals surface area contributed by atoms with E-state index in [1.807, 2.05) is 6.07 Å². The molecule has 82 valence electrons. The van der Waals surface area contributed by atoms with E-state index >= 15 is 0 Å². The topological polar surface area (TPSA) is 42.0 Å². The minimum Gasteiger partial charge on any atom is -0.351 e. The molecule has 1 rings (SSSR count). The second kappa shape index (κ2) is 6.56. The Morgan fingerprint density at radius 3 is 2.87 bits per heavy atom. The van der Waals surface area contributed by atoms with Gasteiger partial charge in [-0.1, -0.05) is 19.8 Å². The predicted molar refractivity (Wildman–Crippen MR) is 63.8 cm³/mol. The van der Waals surface area contributed by atoms with E-state index in [0.717, 1.165) is 30.3 Å². The van der Waals surface area contributed by atoms with Gasteiger partial charge >= 0.3 is 0 Å². The quantitative estimate of drug-likeness (QED) is 0.837. The molecule has 0 aliphatic heterocycles. The first-order chi connectivity index (χ1) is 7.24. The van der Waals surface area contributed by atoms with Crippen molar-refractivity contribution in [1.82, 2.24) is 10.3 Å². The van der Waals surface area contributed by atoms with Gasteiger partial charge in [-0.05, 0) is 34.5 Å². The molecule has 0 unspecified atom stereocenters. The minimum absolute atomic E-state index is 0.0985. The molecule has 1 heterocycles. The summed E-state index contributed by atoms with van der Waals surface area (Å²) in [4.78, 5) is 15.5. The number of nitrogens with zero attached hydrogens (tertiary/aromatic N) is 1. The van der Waals surface area contributed by atoms with Crippen molar-refractivity contribution in [2.75, 3.05) is 6.54 Å². The van der Waals surface area contributed by atoms with E-state index in [0.29, 0.717) is 5.69 Å². The molecule has 0 aliphatic carbocycles. The number of hydrogen-bond donors (Lipinski definition) is 1. The largest absolute Gasteiger partial charge is 0.351 e. The number of aromatic nitrogens is 1. The predicted octanol–water partition coefficient (Wildman–Crippen LogP) is 2.76. The van der Waals surface area contributed by atoms with Gasteiger partial charge in [0.1, 0.15) is 5.69 Å². The second-order valence-corrected chi connectivity index (χ2v) is 4.24. The van der Waals surface area contributed by atoms with Crippen LogP contribution in [0.4, 0.5) is 0 Å². The third-order valence-corrected chi connectivity index (χ3v) is 2.49. The minimum atomic E-state index is -0.0985. The number of halogens is 1. The van der Waals surface area contributed by atoms with Crippen LogP contribution in [-0.4, -0.2) is 17.4 Å². The molecule has 1 aromatic rings. The van der Waals surface area contributed by atoms with Crippen molar-refractivity contribution in [3.63, 3.8) is 0 Å². The summed E-state index contributed by atoms with van der Waals surface area (Å²) in [7, 11) is 0. The standard InChI is InChI=1S/C11H15BrN2O/c1-2-3-4-7-13-11(15)10-6-5-9(12)8-14-10/h5-6,8H,2-4,7H2,1H3,(H,13,15). The number of rotatable bonds is 5. The Hall–Kier alpha value is -0.900. The van der Waals surface area contributed by atoms with E-state index < -0.39 is 0 Å². The van der Waals surface area contributed by atoms with Gasteiger partial charge in [-0.2, -0.15) is 0 Å². The van der Waals surface area contributed by atoms with Crippen LogP contribution in [-0.2, 0) is 0 Å². The van der Waals surface area contributed by atoms with Crippen LogP contribution in [0.3, 0.4) is 0 Å². The monoisotopic (exact) mass is 270 g/mol. The first-order valence-corrected chi connectivity index (χ1v) is 5.93. The molecule has 1 aromatic heterocycles. The average Bonchev–Trinajstić information content (AvgIpc) is 2.25. The van der Waals surface area contributed by atoms with Gasteiger partial charge in [0.25, 0.3) is 5.91 Å². The SMILES string of the molecule is CCCCCNC(=O)c1ccc(Br)cn1. The Morgan fingerprint density at radius 1 is 1.47 bits per heavy atom. The molecule has 0 saturated carbocycles. The van der Waals surface area contributed by atoms with Crippen molar-refractivity contribution in [3.8, 4) is 0 Å². The van der Waals surface area contributed by atoms with Crippen LogP contribution >= 0.6 is 15.9 Å². The molecule has 4 heteroatoms. The lowest BCUT2D eigenvalue weighted by Gasteiger charge is -2.03. The van der Waals surface area contributed by atoms with Gasteiger partial charge in [0.05, 0.1) is 0 Å². The summed E-state index contributed by atoms with van der Waals surface area (Å²) in [5.41, 5.74) is 0.467. The van der Waals surface area contributed by atoms with Gasteiger partial charge in [-0.25, -0.2) is 4.98 Å². The maximum Gasteiger partial charge on any atom is 0.269 e. The fourth-order valence-corrected chi connectivity index (χ4v) is 1.41. The Balaban J connectivity index is 2.37. The summed E-state index contributed by atoms with van der Waals surface area (Å²) in [6.45, 7) is 2.86. The molecule has 0 bridgehead atoms. The highest BCUT2D eigenvalue weighted by Crippen LogP contribution is 2.07. The number of carbonyl (C=O) groups is 1. The summed E-state index contributed by atoms with van der Waals surface area (Å²) in [6, 6.07) is 3.52. The fraction of sp³-hybridized carbons (Fsp3) is 0.455. The maximum atomic E-state index is 11.5. The van der Waals surface area contributed by atoms with E-state index in [1.165, 1.54) is 0 Å². The van der Waals surface area contributed by atoms with Crippen LogP contribution in [0.2, 0.25) is 0 Å². The van der Waals surface area contributed by atoms with Gasteiger partial charge < -0.3 is 5.32 Å². The normalized spacial score (nSPS) is 10.0. The van der Waals surface area contributed by atoms with E-state index in [-0.39, 0.29) is 5.91 Å². The lowest BCUT2D eigenvalue weighted by molar-refractivity contribution is 0.0948. The molecule has 0 aliphatic rings. The zero-order valence-corrected chi connectivity index (χ0v) is 10.4. The van der Waals surface area contributed by atoms with E-state index in [1.54, 1.807) is 12.3 Å². The van der Waals surface area contributed by atoms with Crippen LogP contribution in [0.1, 0.15) is 36.7 Å². The number of carbonyl (C=O) groups excluding carboxylic acids is 1. The Morgan fingerprint density at radius 2 is 2.27 bits per heavy atom. The molecule has 0 saturated heterocycles. The highest BCUT2D eigenvalue weighted by atomic mass is 79.9. The van der Waals surface area contributed by atoms with Crippen LogP contribution in [0.25, 0.3) is 0 Å². The zero-order chi connectivity index (χ0) is 11.1. The Bertz CT molecular complexity index is 311. The van der Waals surface area contributed by atoms with Crippen LogP contribution < -0.4 is 5.32 Å². The highest BCUT2D eigenvalue weighted by Gasteiger charge is 2.04. The molecule has 0 spiro atoms. The van der Waals surface area contributed by atoms with Crippen molar-refractivity contribution in [1.29, 1.82) is 0 Å². The highest BCUT2D eigenvalue weighted by molar-refractivity contribution is 9.10. The Labute approximate surface area is 98.4 Å². The number of nitrogens with one attached hydrogen (secondary N) is 1. The van der Waals surface area contributed by atoms with Crippen LogP contribution in [0.5, 0.6) is 0 Å². The van der Waals surface area contributed by atoms with E-state index in [4.69, 9.17) is 0 Å². The first-order valence-electron chi connectivity index (χ1n) is 5.13. The number of hydrogen-bond acceptors (Lipinski definition) is 2. The zero-order valence-electron chi connectivity index (χ0n) is 8.79. The molecule has 0 fully saturated rings. The van der Waals surface area contributed by atoms with Gasteiger partial charge in [0, 0.05) is 17.2 Å². The second-order valence-electron chi connectivity index (χ2n) is 3.32. The van der Waals surface area contributed by atoms with Crippen molar-refractivity contribution in [2.45, 2.75) is 26.2 Å². The summed E-state index contributed by atoms with van der Waals surface area (Å²) < 4.78 is 0.880. The molecule has 3 nitrogen and oxygen atoms in total. The molecule has 15 heavy (non-hydrogen) atoms. The van der Waals surface area contributed by atoms with Crippen LogP contribution in [0, 0.1) is 0 Å². The fourth-order valence-electron chi connectivity index (χ4n) is 1.18. The molecular weight excluding hydrogens is 256 g/mol. The lowest BCUT2D eigenvalue weighted by atomic mass is 10.2. The summed E-state index contributed by atoms with van der Waals surface area (Å²) in [6.07, 6.45) is 4.96. The molecule has 0 atom stereocenters. The van der Waals surface area contributed by atoms with Crippen molar-refractivity contribution < 1.29 is 4.79 Å². The number of pyridine rings is 1. The van der Waals surface area contributed by atoms with Crippen molar-refractivity contribution in [2.24, 2.45) is 0 Å². The smallest absolute Gasteiger partial charge is 0.269 e. The Kier molecular flexibility index (Phi) is 5.32. The third kappa shape index (κ3) is 4.42. The van der Waals surface area contributed by atoms with E-state index in [9.17, 15) is 4.79 Å². The third-order valence-electron chi connectivity index (χ3n) is 2.03. The van der Waals surface area contributed by atoms with Crippen LogP contribution in [0.15, 0.2) is 22.8 Å². The summed E-state index contributed by atoms with van der Waals surface area (Å²) >= 11 is 3.27. The summed E-state index contributed by atoms with van der Waals surface area (Å²) in [5.74, 6) is -0.0985. The molecule has 0 aromatic carbocycles. The van der Waals surface area contributed by atoms with E-state index in [2.05, 4.69) is 33.2 Å². The van der Waals surface area contributed by atoms with Gasteiger partial charge in [-0.15, -0.1) is 0 Å². The molecule has 1 amide bonds. The molecular formula is C11H15BrN2O.